The van der Waals surface area contributed by atoms with Crippen molar-refractivity contribution in [2.45, 2.75) is 13.1 Å². The van der Waals surface area contributed by atoms with Gasteiger partial charge in [-0.3, -0.25) is 10.3 Å². The first-order chi connectivity index (χ1) is 9.76. The van der Waals surface area contributed by atoms with Crippen LogP contribution >= 0.6 is 0 Å². The lowest BCUT2D eigenvalue weighted by Gasteiger charge is -2.37. The van der Waals surface area contributed by atoms with E-state index in [-0.39, 0.29) is 5.84 Å². The van der Waals surface area contributed by atoms with Crippen LogP contribution in [0, 0.1) is 12.3 Å². The molecule has 0 aliphatic carbocycles. The van der Waals surface area contributed by atoms with Crippen LogP contribution in [0.3, 0.4) is 0 Å². The highest BCUT2D eigenvalue weighted by Crippen LogP contribution is 2.24. The fraction of sp³-hybridized carbons (Fsp3) is 0.500. The molecule has 4 nitrogen and oxygen atoms in total. The van der Waals surface area contributed by atoms with Crippen molar-refractivity contribution in [3.63, 3.8) is 0 Å². The molecule has 3 N–H and O–H groups in total. The number of nitrogens with one attached hydrogen (secondary N) is 1. The number of hydrogen-bond donors (Lipinski definition) is 2. The number of rotatable bonds is 3. The predicted octanol–water partition coefficient (Wildman–Crippen LogP) is 1.96. The van der Waals surface area contributed by atoms with Gasteiger partial charge in [0, 0.05) is 37.4 Å². The molecule has 0 radical (unpaired) electrons. The van der Waals surface area contributed by atoms with E-state index in [4.69, 9.17) is 11.1 Å². The van der Waals surface area contributed by atoms with Crippen molar-refractivity contribution in [1.82, 2.24) is 4.90 Å². The summed E-state index contributed by atoms with van der Waals surface area (Å²) in [6.07, 6.45) is -4.16. The molecule has 1 aromatic rings. The molecule has 0 aromatic heterocycles. The maximum absolute atomic E-state index is 12.4. The number of alkyl halides is 3. The summed E-state index contributed by atoms with van der Waals surface area (Å²) >= 11 is 0. The molecule has 7 heteroatoms. The summed E-state index contributed by atoms with van der Waals surface area (Å²) in [5.74, 6) is -0.0253. The van der Waals surface area contributed by atoms with E-state index in [1.165, 1.54) is 4.90 Å². The molecule has 21 heavy (non-hydrogen) atoms. The quantitative estimate of drug-likeness (QED) is 0.663. The first kappa shape index (κ1) is 15.6. The van der Waals surface area contributed by atoms with E-state index in [1.807, 2.05) is 24.0 Å². The van der Waals surface area contributed by atoms with Crippen LogP contribution in [0.25, 0.3) is 0 Å². The second kappa shape index (κ2) is 5.93. The van der Waals surface area contributed by atoms with Crippen molar-refractivity contribution in [3.05, 3.63) is 29.3 Å². The molecule has 0 bridgehead atoms. The molecule has 1 heterocycles. The monoisotopic (exact) mass is 300 g/mol. The van der Waals surface area contributed by atoms with Crippen LogP contribution in [0.2, 0.25) is 0 Å². The maximum atomic E-state index is 12.4. The SMILES string of the molecule is Cc1ccc(C(=N)N)c(N2CCN(CC(F)(F)F)CC2)c1. The lowest BCUT2D eigenvalue weighted by Crippen LogP contribution is -2.49. The average molecular weight is 300 g/mol. The summed E-state index contributed by atoms with van der Waals surface area (Å²) in [5.41, 5.74) is 8.07. The van der Waals surface area contributed by atoms with E-state index in [0.29, 0.717) is 31.7 Å². The van der Waals surface area contributed by atoms with Crippen LogP contribution in [-0.4, -0.2) is 49.6 Å². The third-order valence-electron chi connectivity index (χ3n) is 3.56. The van der Waals surface area contributed by atoms with Crippen molar-refractivity contribution in [2.75, 3.05) is 37.6 Å². The average Bonchev–Trinajstić information content (AvgIpc) is 2.37. The Kier molecular flexibility index (Phi) is 4.41. The molecule has 0 unspecified atom stereocenters. The van der Waals surface area contributed by atoms with Crippen LogP contribution in [-0.2, 0) is 0 Å². The standard InChI is InChI=1S/C14H19F3N4/c1-10-2-3-11(13(18)19)12(8-10)21-6-4-20(5-7-21)9-14(15,16)17/h2-3,8H,4-7,9H2,1H3,(H3,18,19). The molecule has 2 rings (SSSR count). The van der Waals surface area contributed by atoms with Gasteiger partial charge in [0.1, 0.15) is 5.84 Å². The summed E-state index contributed by atoms with van der Waals surface area (Å²) in [5, 5.41) is 7.61. The van der Waals surface area contributed by atoms with Gasteiger partial charge in [-0.05, 0) is 24.6 Å². The largest absolute Gasteiger partial charge is 0.401 e. The fourth-order valence-electron chi connectivity index (χ4n) is 2.53. The van der Waals surface area contributed by atoms with E-state index in [1.54, 1.807) is 6.07 Å². The molecule has 0 spiro atoms. The molecule has 116 valence electrons. The molecule has 1 saturated heterocycles. The number of hydrogen-bond acceptors (Lipinski definition) is 3. The van der Waals surface area contributed by atoms with E-state index >= 15 is 0 Å². The van der Waals surface area contributed by atoms with Crippen LogP contribution in [0.5, 0.6) is 0 Å². The Labute approximate surface area is 121 Å². The predicted molar refractivity (Wildman–Crippen MR) is 76.9 cm³/mol. The molecular weight excluding hydrogens is 281 g/mol. The molecule has 1 fully saturated rings. The van der Waals surface area contributed by atoms with Crippen molar-refractivity contribution in [1.29, 1.82) is 5.41 Å². The topological polar surface area (TPSA) is 56.4 Å². The molecule has 1 aromatic carbocycles. The summed E-state index contributed by atoms with van der Waals surface area (Å²) in [7, 11) is 0. The zero-order valence-corrected chi connectivity index (χ0v) is 11.9. The van der Waals surface area contributed by atoms with E-state index in [0.717, 1.165) is 11.3 Å². The Morgan fingerprint density at radius 1 is 1.24 bits per heavy atom. The minimum absolute atomic E-state index is 0.0253. The number of nitrogens with two attached hydrogens (primary N) is 1. The summed E-state index contributed by atoms with van der Waals surface area (Å²) < 4.78 is 37.1. The third kappa shape index (κ3) is 4.10. The summed E-state index contributed by atoms with van der Waals surface area (Å²) in [4.78, 5) is 3.40. The van der Waals surface area contributed by atoms with Crippen molar-refractivity contribution >= 4 is 11.5 Å². The van der Waals surface area contributed by atoms with Gasteiger partial charge < -0.3 is 10.6 Å². The molecule has 0 saturated carbocycles. The Balaban J connectivity index is 2.09. The number of nitrogens with zero attached hydrogens (tertiary/aromatic N) is 2. The van der Waals surface area contributed by atoms with Gasteiger partial charge >= 0.3 is 6.18 Å². The highest BCUT2D eigenvalue weighted by atomic mass is 19.4. The Morgan fingerprint density at radius 3 is 2.38 bits per heavy atom. The highest BCUT2D eigenvalue weighted by Gasteiger charge is 2.32. The second-order valence-electron chi connectivity index (χ2n) is 5.31. The van der Waals surface area contributed by atoms with Crippen molar-refractivity contribution < 1.29 is 13.2 Å². The van der Waals surface area contributed by atoms with Gasteiger partial charge in [0.25, 0.3) is 0 Å². The van der Waals surface area contributed by atoms with Gasteiger partial charge in [0.05, 0.1) is 6.54 Å². The first-order valence-corrected chi connectivity index (χ1v) is 6.75. The van der Waals surface area contributed by atoms with Gasteiger partial charge in [-0.1, -0.05) is 6.07 Å². The van der Waals surface area contributed by atoms with E-state index in [2.05, 4.69) is 0 Å². The zero-order chi connectivity index (χ0) is 15.6. The number of amidine groups is 1. The molecule has 1 aliphatic heterocycles. The van der Waals surface area contributed by atoms with Gasteiger partial charge in [-0.15, -0.1) is 0 Å². The van der Waals surface area contributed by atoms with Gasteiger partial charge in [-0.25, -0.2) is 0 Å². The minimum Gasteiger partial charge on any atom is -0.384 e. The third-order valence-corrected chi connectivity index (χ3v) is 3.56. The Bertz CT molecular complexity index is 519. The fourth-order valence-corrected chi connectivity index (χ4v) is 2.53. The Morgan fingerprint density at radius 2 is 1.86 bits per heavy atom. The molecule has 0 atom stereocenters. The van der Waals surface area contributed by atoms with Gasteiger partial charge in [0.15, 0.2) is 0 Å². The van der Waals surface area contributed by atoms with E-state index < -0.39 is 12.7 Å². The van der Waals surface area contributed by atoms with Crippen LogP contribution in [0.1, 0.15) is 11.1 Å². The lowest BCUT2D eigenvalue weighted by atomic mass is 10.1. The van der Waals surface area contributed by atoms with Crippen molar-refractivity contribution in [2.24, 2.45) is 5.73 Å². The van der Waals surface area contributed by atoms with Gasteiger partial charge in [-0.2, -0.15) is 13.2 Å². The second-order valence-corrected chi connectivity index (χ2v) is 5.31. The number of halogens is 3. The van der Waals surface area contributed by atoms with E-state index in [9.17, 15) is 13.2 Å². The van der Waals surface area contributed by atoms with Crippen LogP contribution in [0.4, 0.5) is 18.9 Å². The number of nitrogen functional groups attached to an aromatic ring is 1. The molecule has 1 aliphatic rings. The highest BCUT2D eigenvalue weighted by molar-refractivity contribution is 6.00. The summed E-state index contributed by atoms with van der Waals surface area (Å²) in [6, 6.07) is 5.59. The first-order valence-electron chi connectivity index (χ1n) is 6.75. The maximum Gasteiger partial charge on any atom is 0.401 e. The van der Waals surface area contributed by atoms with Gasteiger partial charge in [0.2, 0.25) is 0 Å². The zero-order valence-electron chi connectivity index (χ0n) is 11.9. The Hall–Kier alpha value is -1.76. The lowest BCUT2D eigenvalue weighted by molar-refractivity contribution is -0.146. The number of aryl methyl sites for hydroxylation is 1. The van der Waals surface area contributed by atoms with Crippen LogP contribution in [0.15, 0.2) is 18.2 Å². The summed E-state index contributed by atoms with van der Waals surface area (Å²) in [6.45, 7) is 2.77. The normalized spacial score (nSPS) is 17.0. The molecule has 0 amide bonds. The number of benzene rings is 1. The van der Waals surface area contributed by atoms with Crippen molar-refractivity contribution in [3.8, 4) is 0 Å². The van der Waals surface area contributed by atoms with Crippen LogP contribution < -0.4 is 10.6 Å². The smallest absolute Gasteiger partial charge is 0.384 e. The minimum atomic E-state index is -4.16. The molecular formula is C14H19F3N4. The number of piperazine rings is 1. The number of anilines is 1.